The van der Waals surface area contributed by atoms with Crippen LogP contribution in [0, 0.1) is 0 Å². The fourth-order valence-electron chi connectivity index (χ4n) is 3.33. The molecule has 0 aliphatic carbocycles. The summed E-state index contributed by atoms with van der Waals surface area (Å²) in [6, 6.07) is 9.81. The summed E-state index contributed by atoms with van der Waals surface area (Å²) in [5.74, 6) is 0.390. The molecule has 1 aliphatic rings. The van der Waals surface area contributed by atoms with Crippen molar-refractivity contribution in [3.63, 3.8) is 0 Å². The minimum atomic E-state index is 0.146. The second-order valence-corrected chi connectivity index (χ2v) is 6.36. The van der Waals surface area contributed by atoms with Gasteiger partial charge in [0.15, 0.2) is 0 Å². The molecule has 0 spiro atoms. The van der Waals surface area contributed by atoms with Crippen molar-refractivity contribution >= 4 is 11.6 Å². The van der Waals surface area contributed by atoms with Gasteiger partial charge in [-0.25, -0.2) is 4.68 Å². The number of likely N-dealkylation sites (tertiary alicyclic amines) is 1. The van der Waals surface area contributed by atoms with Crippen LogP contribution in [0.5, 0.6) is 0 Å². The van der Waals surface area contributed by atoms with Gasteiger partial charge in [-0.15, -0.1) is 0 Å². The molecule has 1 atom stereocenters. The highest BCUT2D eigenvalue weighted by atomic mass is 16.2. The summed E-state index contributed by atoms with van der Waals surface area (Å²) in [6.45, 7) is 1.45. The molecular formula is C18H20N6O. The summed E-state index contributed by atoms with van der Waals surface area (Å²) in [7, 11) is 0. The van der Waals surface area contributed by atoms with Crippen molar-refractivity contribution in [3.8, 4) is 5.69 Å². The number of nitrogens with zero attached hydrogens (tertiary/aromatic N) is 4. The van der Waals surface area contributed by atoms with E-state index in [9.17, 15) is 4.79 Å². The van der Waals surface area contributed by atoms with Gasteiger partial charge >= 0.3 is 0 Å². The second kappa shape index (κ2) is 6.43. The summed E-state index contributed by atoms with van der Waals surface area (Å²) in [5, 5.41) is 11.1. The average molecular weight is 336 g/mol. The minimum Gasteiger partial charge on any atom is -0.396 e. The molecule has 1 unspecified atom stereocenters. The van der Waals surface area contributed by atoms with Crippen molar-refractivity contribution in [2.75, 3.05) is 18.8 Å². The highest BCUT2D eigenvalue weighted by molar-refractivity contribution is 5.79. The maximum atomic E-state index is 12.6. The lowest BCUT2D eigenvalue weighted by Crippen LogP contribution is -2.30. The van der Waals surface area contributed by atoms with Crippen molar-refractivity contribution < 1.29 is 4.79 Å². The van der Waals surface area contributed by atoms with Crippen LogP contribution in [0.4, 0.5) is 5.69 Å². The molecule has 1 fully saturated rings. The van der Waals surface area contributed by atoms with Gasteiger partial charge in [0.05, 0.1) is 29.7 Å². The Morgan fingerprint density at radius 2 is 2.16 bits per heavy atom. The number of benzene rings is 1. The number of anilines is 1. The molecule has 1 aromatic carbocycles. The third-order valence-corrected chi connectivity index (χ3v) is 4.71. The van der Waals surface area contributed by atoms with Gasteiger partial charge < -0.3 is 10.6 Å². The highest BCUT2D eigenvalue weighted by Gasteiger charge is 2.29. The molecule has 3 heterocycles. The SMILES string of the molecule is Nc1cn[nH]c1C1CCN(C(=O)Cc2ccc(-n3cccn3)cc2)C1. The van der Waals surface area contributed by atoms with E-state index in [1.165, 1.54) is 0 Å². The Bertz CT molecular complexity index is 852. The maximum absolute atomic E-state index is 12.6. The summed E-state index contributed by atoms with van der Waals surface area (Å²) < 4.78 is 1.80. The van der Waals surface area contributed by atoms with Crippen molar-refractivity contribution in [1.29, 1.82) is 0 Å². The Hall–Kier alpha value is -3.09. The van der Waals surface area contributed by atoms with E-state index in [-0.39, 0.29) is 11.8 Å². The number of rotatable bonds is 4. The number of amides is 1. The molecule has 3 aromatic rings. The van der Waals surface area contributed by atoms with Crippen LogP contribution in [0.3, 0.4) is 0 Å². The van der Waals surface area contributed by atoms with Gasteiger partial charge in [0, 0.05) is 31.4 Å². The average Bonchev–Trinajstić information content (AvgIpc) is 3.37. The zero-order chi connectivity index (χ0) is 17.2. The fraction of sp³-hybridized carbons (Fsp3) is 0.278. The van der Waals surface area contributed by atoms with Crippen molar-refractivity contribution in [2.24, 2.45) is 0 Å². The van der Waals surface area contributed by atoms with Gasteiger partial charge in [-0.3, -0.25) is 9.89 Å². The first-order valence-electron chi connectivity index (χ1n) is 8.36. The number of nitrogens with one attached hydrogen (secondary N) is 1. The summed E-state index contributed by atoms with van der Waals surface area (Å²) >= 11 is 0. The Balaban J connectivity index is 1.38. The molecule has 1 amide bonds. The van der Waals surface area contributed by atoms with E-state index in [1.54, 1.807) is 17.1 Å². The predicted molar refractivity (Wildman–Crippen MR) is 94.2 cm³/mol. The molecule has 1 saturated heterocycles. The van der Waals surface area contributed by atoms with Crippen molar-refractivity contribution in [1.82, 2.24) is 24.9 Å². The van der Waals surface area contributed by atoms with Gasteiger partial charge in [0.25, 0.3) is 0 Å². The Kier molecular flexibility index (Phi) is 3.97. The van der Waals surface area contributed by atoms with E-state index < -0.39 is 0 Å². The van der Waals surface area contributed by atoms with Gasteiger partial charge in [0.2, 0.25) is 5.91 Å². The molecule has 7 nitrogen and oxygen atoms in total. The molecule has 3 N–H and O–H groups in total. The largest absolute Gasteiger partial charge is 0.396 e. The van der Waals surface area contributed by atoms with Crippen molar-refractivity contribution in [3.05, 3.63) is 60.2 Å². The van der Waals surface area contributed by atoms with Gasteiger partial charge in [-0.05, 0) is 30.2 Å². The molecule has 25 heavy (non-hydrogen) atoms. The molecule has 128 valence electrons. The van der Waals surface area contributed by atoms with E-state index in [2.05, 4.69) is 15.3 Å². The Labute approximate surface area is 145 Å². The Morgan fingerprint density at radius 3 is 2.84 bits per heavy atom. The topological polar surface area (TPSA) is 92.8 Å². The number of nitrogens with two attached hydrogens (primary N) is 1. The van der Waals surface area contributed by atoms with E-state index in [4.69, 9.17) is 5.73 Å². The van der Waals surface area contributed by atoms with Gasteiger partial charge in [-0.2, -0.15) is 10.2 Å². The van der Waals surface area contributed by atoms with Crippen LogP contribution >= 0.6 is 0 Å². The molecule has 0 bridgehead atoms. The molecular weight excluding hydrogens is 316 g/mol. The zero-order valence-corrected chi connectivity index (χ0v) is 13.8. The number of nitrogen functional groups attached to an aromatic ring is 1. The van der Waals surface area contributed by atoms with Crippen LogP contribution in [0.2, 0.25) is 0 Å². The summed E-state index contributed by atoms with van der Waals surface area (Å²) in [5.41, 5.74) is 9.52. The smallest absolute Gasteiger partial charge is 0.227 e. The van der Waals surface area contributed by atoms with Crippen LogP contribution in [-0.2, 0) is 11.2 Å². The molecule has 2 aromatic heterocycles. The normalized spacial score (nSPS) is 17.1. The number of H-pyrrole nitrogens is 1. The molecule has 7 heteroatoms. The number of hydrogen-bond acceptors (Lipinski definition) is 4. The fourth-order valence-corrected chi connectivity index (χ4v) is 3.33. The first-order chi connectivity index (χ1) is 12.2. The van der Waals surface area contributed by atoms with Crippen LogP contribution in [-0.4, -0.2) is 43.9 Å². The lowest BCUT2D eigenvalue weighted by Gasteiger charge is -2.16. The van der Waals surface area contributed by atoms with Crippen LogP contribution in [0.25, 0.3) is 5.69 Å². The predicted octanol–water partition coefficient (Wildman–Crippen LogP) is 1.74. The monoisotopic (exact) mass is 336 g/mol. The maximum Gasteiger partial charge on any atom is 0.227 e. The lowest BCUT2D eigenvalue weighted by atomic mass is 10.0. The quantitative estimate of drug-likeness (QED) is 0.759. The first-order valence-corrected chi connectivity index (χ1v) is 8.36. The van der Waals surface area contributed by atoms with Crippen LogP contribution in [0.1, 0.15) is 23.6 Å². The lowest BCUT2D eigenvalue weighted by molar-refractivity contribution is -0.129. The third kappa shape index (κ3) is 3.13. The molecule has 1 aliphatic heterocycles. The van der Waals surface area contributed by atoms with Gasteiger partial charge in [0.1, 0.15) is 0 Å². The number of carbonyl (C=O) groups is 1. The van der Waals surface area contributed by atoms with Crippen molar-refractivity contribution in [2.45, 2.75) is 18.8 Å². The Morgan fingerprint density at radius 1 is 1.32 bits per heavy atom. The molecule has 0 radical (unpaired) electrons. The summed E-state index contributed by atoms with van der Waals surface area (Å²) in [4.78, 5) is 14.5. The van der Waals surface area contributed by atoms with E-state index >= 15 is 0 Å². The standard InChI is InChI=1S/C18H20N6O/c19-16-11-20-22-18(16)14-6-9-23(12-14)17(25)10-13-2-4-15(5-3-13)24-8-1-7-21-24/h1-5,7-8,11,14H,6,9-10,12,19H2,(H,20,22). The van der Waals surface area contributed by atoms with E-state index in [0.717, 1.165) is 29.9 Å². The highest BCUT2D eigenvalue weighted by Crippen LogP contribution is 2.29. The number of hydrogen-bond donors (Lipinski definition) is 2. The number of aromatic amines is 1. The first kappa shape index (κ1) is 15.4. The van der Waals surface area contributed by atoms with E-state index in [1.807, 2.05) is 41.4 Å². The third-order valence-electron chi connectivity index (χ3n) is 4.71. The van der Waals surface area contributed by atoms with Crippen LogP contribution < -0.4 is 5.73 Å². The van der Waals surface area contributed by atoms with Crippen LogP contribution in [0.15, 0.2) is 48.9 Å². The van der Waals surface area contributed by atoms with E-state index in [0.29, 0.717) is 18.7 Å². The molecule has 4 rings (SSSR count). The van der Waals surface area contributed by atoms with Gasteiger partial charge in [-0.1, -0.05) is 12.1 Å². The molecule has 0 saturated carbocycles. The number of aromatic nitrogens is 4. The minimum absolute atomic E-state index is 0.146. The summed E-state index contributed by atoms with van der Waals surface area (Å²) in [6.07, 6.45) is 6.58. The number of carbonyl (C=O) groups excluding carboxylic acids is 1. The zero-order valence-electron chi connectivity index (χ0n) is 13.8. The second-order valence-electron chi connectivity index (χ2n) is 6.36.